The molecule has 0 aliphatic carbocycles. The second-order valence-electron chi connectivity index (χ2n) is 5.28. The van der Waals surface area contributed by atoms with Gasteiger partial charge in [-0.05, 0) is 19.1 Å². The van der Waals surface area contributed by atoms with Crippen molar-refractivity contribution in [2.75, 3.05) is 16.8 Å². The molecule has 3 rings (SSSR count). The van der Waals surface area contributed by atoms with E-state index in [1.165, 1.54) is 28.7 Å². The van der Waals surface area contributed by atoms with E-state index >= 15 is 0 Å². The summed E-state index contributed by atoms with van der Waals surface area (Å²) in [6.07, 6.45) is 0. The van der Waals surface area contributed by atoms with Crippen LogP contribution in [0.25, 0.3) is 11.3 Å². The maximum Gasteiger partial charge on any atom is 0.236 e. The van der Waals surface area contributed by atoms with Gasteiger partial charge in [-0.2, -0.15) is 0 Å². The van der Waals surface area contributed by atoms with Crippen molar-refractivity contribution >= 4 is 39.8 Å². The van der Waals surface area contributed by atoms with Crippen LogP contribution < -0.4 is 11.1 Å². The number of carbonyl (C=O) groups is 1. The van der Waals surface area contributed by atoms with Crippen molar-refractivity contribution in [1.82, 2.24) is 4.98 Å². The van der Waals surface area contributed by atoms with E-state index in [-0.39, 0.29) is 5.91 Å². The van der Waals surface area contributed by atoms with Gasteiger partial charge in [0, 0.05) is 21.5 Å². The topological polar surface area (TPSA) is 68.0 Å². The van der Waals surface area contributed by atoms with Crippen LogP contribution in [0.4, 0.5) is 10.8 Å². The zero-order valence-corrected chi connectivity index (χ0v) is 14.8. The second kappa shape index (κ2) is 7.51. The van der Waals surface area contributed by atoms with E-state index in [1.807, 2.05) is 60.8 Å². The first-order valence-corrected chi connectivity index (χ1v) is 9.28. The first-order chi connectivity index (χ1) is 11.6. The summed E-state index contributed by atoms with van der Waals surface area (Å²) >= 11 is 2.84. The van der Waals surface area contributed by atoms with Gasteiger partial charge in [0.1, 0.15) is 0 Å². The fourth-order valence-electron chi connectivity index (χ4n) is 2.10. The lowest BCUT2D eigenvalue weighted by atomic mass is 10.1. The third-order valence-electron chi connectivity index (χ3n) is 3.38. The molecule has 6 heteroatoms. The van der Waals surface area contributed by atoms with E-state index < -0.39 is 0 Å². The summed E-state index contributed by atoms with van der Waals surface area (Å²) in [5, 5.41) is 5.40. The normalized spacial score (nSPS) is 10.5. The van der Waals surface area contributed by atoms with Crippen LogP contribution in [-0.2, 0) is 4.79 Å². The number of amides is 1. The number of hydrogen-bond donors (Lipinski definition) is 2. The highest BCUT2D eigenvalue weighted by molar-refractivity contribution is 8.00. The molecule has 24 heavy (non-hydrogen) atoms. The standard InChI is InChI=1S/C18H17N3OS2/c1-12-6-8-13(9-7-12)15-10-24-18(20-15)21-17(22)11-23-16-5-3-2-4-14(16)19/h2-10H,11,19H2,1H3,(H,20,21,22). The highest BCUT2D eigenvalue weighted by Gasteiger charge is 2.09. The number of nitrogens with one attached hydrogen (secondary N) is 1. The minimum Gasteiger partial charge on any atom is -0.398 e. The number of thiazole rings is 1. The third kappa shape index (κ3) is 4.15. The molecule has 122 valence electrons. The van der Waals surface area contributed by atoms with Crippen molar-refractivity contribution in [1.29, 1.82) is 0 Å². The number of carbonyl (C=O) groups excluding carboxylic acids is 1. The molecule has 0 fully saturated rings. The molecule has 0 aliphatic heterocycles. The minimum absolute atomic E-state index is 0.0898. The maximum atomic E-state index is 12.1. The summed E-state index contributed by atoms with van der Waals surface area (Å²) < 4.78 is 0. The SMILES string of the molecule is Cc1ccc(-c2csc(NC(=O)CSc3ccccc3N)n2)cc1. The highest BCUT2D eigenvalue weighted by Crippen LogP contribution is 2.27. The summed E-state index contributed by atoms with van der Waals surface area (Å²) in [6.45, 7) is 2.05. The van der Waals surface area contributed by atoms with E-state index in [0.29, 0.717) is 16.6 Å². The number of anilines is 2. The Morgan fingerprint density at radius 1 is 1.21 bits per heavy atom. The number of aryl methyl sites for hydroxylation is 1. The summed E-state index contributed by atoms with van der Waals surface area (Å²) in [5.74, 6) is 0.210. The van der Waals surface area contributed by atoms with Crippen LogP contribution in [-0.4, -0.2) is 16.6 Å². The molecule has 0 radical (unpaired) electrons. The number of para-hydroxylation sites is 1. The Morgan fingerprint density at radius 3 is 2.71 bits per heavy atom. The van der Waals surface area contributed by atoms with Gasteiger partial charge in [-0.15, -0.1) is 23.1 Å². The number of thioether (sulfide) groups is 1. The predicted molar refractivity (Wildman–Crippen MR) is 102 cm³/mol. The van der Waals surface area contributed by atoms with E-state index in [0.717, 1.165) is 16.2 Å². The fourth-order valence-corrected chi connectivity index (χ4v) is 3.60. The zero-order valence-electron chi connectivity index (χ0n) is 13.2. The highest BCUT2D eigenvalue weighted by atomic mass is 32.2. The summed E-state index contributed by atoms with van der Waals surface area (Å²) in [4.78, 5) is 17.5. The van der Waals surface area contributed by atoms with Crippen LogP contribution in [0.3, 0.4) is 0 Å². The first-order valence-electron chi connectivity index (χ1n) is 7.41. The van der Waals surface area contributed by atoms with Gasteiger partial charge in [-0.1, -0.05) is 42.0 Å². The molecule has 4 nitrogen and oxygen atoms in total. The first kappa shape index (κ1) is 16.5. The largest absolute Gasteiger partial charge is 0.398 e. The summed E-state index contributed by atoms with van der Waals surface area (Å²) in [5.41, 5.74) is 9.68. The van der Waals surface area contributed by atoms with Crippen molar-refractivity contribution in [3.8, 4) is 11.3 Å². The van der Waals surface area contributed by atoms with Gasteiger partial charge in [0.2, 0.25) is 5.91 Å². The fraction of sp³-hybridized carbons (Fsp3) is 0.111. The Hall–Kier alpha value is -2.31. The van der Waals surface area contributed by atoms with Crippen molar-refractivity contribution in [3.63, 3.8) is 0 Å². The molecule has 0 aliphatic rings. The zero-order chi connectivity index (χ0) is 16.9. The molecule has 1 amide bonds. The number of nitrogen functional groups attached to an aromatic ring is 1. The average molecular weight is 355 g/mol. The number of nitrogens with zero attached hydrogens (tertiary/aromatic N) is 1. The molecule has 1 aromatic heterocycles. The third-order valence-corrected chi connectivity index (χ3v) is 5.22. The van der Waals surface area contributed by atoms with Crippen LogP contribution in [0.5, 0.6) is 0 Å². The molecule has 0 atom stereocenters. The van der Waals surface area contributed by atoms with Gasteiger partial charge >= 0.3 is 0 Å². The monoisotopic (exact) mass is 355 g/mol. The molecule has 0 saturated carbocycles. The summed E-state index contributed by atoms with van der Waals surface area (Å²) in [6, 6.07) is 15.7. The lowest BCUT2D eigenvalue weighted by Gasteiger charge is -2.04. The molecule has 1 heterocycles. The van der Waals surface area contributed by atoms with Crippen LogP contribution >= 0.6 is 23.1 Å². The Bertz CT molecular complexity index is 843. The number of aromatic nitrogens is 1. The lowest BCUT2D eigenvalue weighted by Crippen LogP contribution is -2.13. The van der Waals surface area contributed by atoms with Gasteiger partial charge in [0.05, 0.1) is 11.4 Å². The Balaban J connectivity index is 1.59. The van der Waals surface area contributed by atoms with Crippen molar-refractivity contribution in [2.45, 2.75) is 11.8 Å². The Labute approximate surface area is 149 Å². The molecule has 0 saturated heterocycles. The van der Waals surface area contributed by atoms with Gasteiger partial charge in [0.25, 0.3) is 0 Å². The van der Waals surface area contributed by atoms with Gasteiger partial charge in [-0.3, -0.25) is 4.79 Å². The maximum absolute atomic E-state index is 12.1. The predicted octanol–water partition coefficient (Wildman–Crippen LogP) is 4.43. The average Bonchev–Trinajstić information content (AvgIpc) is 3.03. The Kier molecular flexibility index (Phi) is 5.17. The van der Waals surface area contributed by atoms with Crippen LogP contribution in [0.15, 0.2) is 58.8 Å². The van der Waals surface area contributed by atoms with Crippen LogP contribution in [0.2, 0.25) is 0 Å². The molecule has 0 bridgehead atoms. The smallest absolute Gasteiger partial charge is 0.236 e. The molecule has 3 N–H and O–H groups in total. The number of nitrogens with two attached hydrogens (primary N) is 1. The molecular weight excluding hydrogens is 338 g/mol. The van der Waals surface area contributed by atoms with Gasteiger partial charge < -0.3 is 11.1 Å². The molecule has 0 spiro atoms. The number of benzene rings is 2. The summed E-state index contributed by atoms with van der Waals surface area (Å²) in [7, 11) is 0. The molecule has 2 aromatic carbocycles. The number of rotatable bonds is 5. The van der Waals surface area contributed by atoms with Crippen molar-refractivity contribution in [3.05, 3.63) is 59.5 Å². The molecule has 0 unspecified atom stereocenters. The van der Waals surface area contributed by atoms with E-state index in [4.69, 9.17) is 5.73 Å². The van der Waals surface area contributed by atoms with E-state index in [2.05, 4.69) is 10.3 Å². The van der Waals surface area contributed by atoms with Crippen molar-refractivity contribution in [2.24, 2.45) is 0 Å². The number of hydrogen-bond acceptors (Lipinski definition) is 5. The van der Waals surface area contributed by atoms with Gasteiger partial charge in [-0.25, -0.2) is 4.98 Å². The van der Waals surface area contributed by atoms with E-state index in [9.17, 15) is 4.79 Å². The van der Waals surface area contributed by atoms with Crippen molar-refractivity contribution < 1.29 is 4.79 Å². The van der Waals surface area contributed by atoms with Gasteiger partial charge in [0.15, 0.2) is 5.13 Å². The van der Waals surface area contributed by atoms with Crippen LogP contribution in [0.1, 0.15) is 5.56 Å². The molecular formula is C18H17N3OS2. The molecule has 3 aromatic rings. The van der Waals surface area contributed by atoms with E-state index in [1.54, 1.807) is 0 Å². The lowest BCUT2D eigenvalue weighted by molar-refractivity contribution is -0.113. The van der Waals surface area contributed by atoms with Crippen LogP contribution in [0, 0.1) is 6.92 Å². The second-order valence-corrected chi connectivity index (χ2v) is 7.15. The Morgan fingerprint density at radius 2 is 1.96 bits per heavy atom. The minimum atomic E-state index is -0.0898. The quantitative estimate of drug-likeness (QED) is 0.525.